The fraction of sp³-hybridized carbons (Fsp3) is 0.565. The highest BCUT2D eigenvalue weighted by atomic mass is 79.9. The summed E-state index contributed by atoms with van der Waals surface area (Å²) in [6.45, 7) is 5.91. The van der Waals surface area contributed by atoms with Gasteiger partial charge in [0.15, 0.2) is 0 Å². The lowest BCUT2D eigenvalue weighted by atomic mass is 9.43. The number of benzene rings is 1. The van der Waals surface area contributed by atoms with E-state index in [0.717, 1.165) is 34.0 Å². The normalized spacial score (nSPS) is 38.0. The number of hydrogen-bond donors (Lipinski definition) is 1. The second-order valence-corrected chi connectivity index (χ2v) is 11.0. The molecule has 2 nitrogen and oxygen atoms in total. The van der Waals surface area contributed by atoms with Crippen LogP contribution >= 0.6 is 15.9 Å². The van der Waals surface area contributed by atoms with Gasteiger partial charge in [-0.3, -0.25) is 0 Å². The zero-order valence-electron chi connectivity index (χ0n) is 15.8. The van der Waals surface area contributed by atoms with Crippen LogP contribution in [0, 0.1) is 16.7 Å². The lowest BCUT2D eigenvalue weighted by Crippen LogP contribution is -2.63. The highest BCUT2D eigenvalue weighted by Crippen LogP contribution is 2.66. The van der Waals surface area contributed by atoms with E-state index in [4.69, 9.17) is 4.42 Å². The molecule has 0 spiro atoms. The van der Waals surface area contributed by atoms with Gasteiger partial charge in [0.05, 0.1) is 6.54 Å². The maximum Gasteiger partial charge on any atom is 0.134 e. The van der Waals surface area contributed by atoms with Crippen molar-refractivity contribution in [1.82, 2.24) is 5.32 Å². The Morgan fingerprint density at radius 2 is 1.65 bits per heavy atom. The van der Waals surface area contributed by atoms with Crippen molar-refractivity contribution in [1.29, 1.82) is 0 Å². The number of hydrogen-bond acceptors (Lipinski definition) is 2. The highest BCUT2D eigenvalue weighted by Gasteiger charge is 2.59. The number of halogens is 1. The maximum absolute atomic E-state index is 6.15. The minimum atomic E-state index is 0.327. The van der Waals surface area contributed by atoms with Crippen LogP contribution in [0.25, 0.3) is 11.3 Å². The van der Waals surface area contributed by atoms with E-state index in [1.807, 2.05) is 0 Å². The van der Waals surface area contributed by atoms with Crippen LogP contribution in [0.15, 0.2) is 45.3 Å². The Hall–Kier alpha value is -1.06. The van der Waals surface area contributed by atoms with Crippen LogP contribution in [-0.4, -0.2) is 5.54 Å². The van der Waals surface area contributed by atoms with Crippen LogP contribution in [0.3, 0.4) is 0 Å². The molecule has 4 aliphatic rings. The molecule has 0 saturated heterocycles. The SMILES string of the molecule is CC12CC3CC(C)(C1)CC(NCc1ccc(-c4ccc(Br)cc4)o1)(C3)C2. The second-order valence-electron chi connectivity index (χ2n) is 10.0. The number of nitrogens with one attached hydrogen (secondary N) is 1. The van der Waals surface area contributed by atoms with Gasteiger partial charge in [0.25, 0.3) is 0 Å². The van der Waals surface area contributed by atoms with Crippen molar-refractivity contribution in [3.63, 3.8) is 0 Å². The Morgan fingerprint density at radius 1 is 0.962 bits per heavy atom. The molecule has 4 aliphatic carbocycles. The van der Waals surface area contributed by atoms with Gasteiger partial charge in [0.1, 0.15) is 11.5 Å². The third kappa shape index (κ3) is 2.97. The van der Waals surface area contributed by atoms with Crippen LogP contribution in [0.1, 0.15) is 58.1 Å². The molecule has 1 aromatic heterocycles. The lowest BCUT2D eigenvalue weighted by molar-refractivity contribution is -0.118. The lowest BCUT2D eigenvalue weighted by Gasteiger charge is -2.65. The fourth-order valence-electron chi connectivity index (χ4n) is 7.16. The summed E-state index contributed by atoms with van der Waals surface area (Å²) >= 11 is 3.49. The van der Waals surface area contributed by atoms with Crippen molar-refractivity contribution in [2.45, 2.75) is 64.5 Å². The van der Waals surface area contributed by atoms with Gasteiger partial charge in [-0.15, -0.1) is 0 Å². The molecule has 4 bridgehead atoms. The summed E-state index contributed by atoms with van der Waals surface area (Å²) in [4.78, 5) is 0. The molecule has 138 valence electrons. The fourth-order valence-corrected chi connectivity index (χ4v) is 7.43. The molecule has 6 rings (SSSR count). The third-order valence-electron chi connectivity index (χ3n) is 7.05. The Morgan fingerprint density at radius 3 is 2.31 bits per heavy atom. The maximum atomic E-state index is 6.15. The Bertz CT molecular complexity index is 805. The number of rotatable bonds is 4. The molecule has 1 N–H and O–H groups in total. The quantitative estimate of drug-likeness (QED) is 0.614. The van der Waals surface area contributed by atoms with Gasteiger partial charge < -0.3 is 9.73 Å². The zero-order valence-corrected chi connectivity index (χ0v) is 17.4. The van der Waals surface area contributed by atoms with Crippen molar-refractivity contribution in [2.75, 3.05) is 0 Å². The molecular formula is C23H28BrNO. The third-order valence-corrected chi connectivity index (χ3v) is 7.58. The first-order valence-electron chi connectivity index (χ1n) is 9.94. The van der Waals surface area contributed by atoms with E-state index in [9.17, 15) is 0 Å². The minimum absolute atomic E-state index is 0.327. The first kappa shape index (κ1) is 17.1. The summed E-state index contributed by atoms with van der Waals surface area (Å²) in [7, 11) is 0. The average Bonchev–Trinajstić information content (AvgIpc) is 2.99. The first-order valence-corrected chi connectivity index (χ1v) is 10.7. The van der Waals surface area contributed by atoms with Crippen LogP contribution in [0.2, 0.25) is 0 Å². The summed E-state index contributed by atoms with van der Waals surface area (Å²) in [5.41, 5.74) is 2.56. The van der Waals surface area contributed by atoms with E-state index in [1.165, 1.54) is 38.5 Å². The molecule has 0 radical (unpaired) electrons. The van der Waals surface area contributed by atoms with Gasteiger partial charge in [0.2, 0.25) is 0 Å². The topological polar surface area (TPSA) is 25.2 Å². The van der Waals surface area contributed by atoms with E-state index in [2.05, 4.69) is 71.5 Å². The Kier molecular flexibility index (Phi) is 3.75. The monoisotopic (exact) mass is 413 g/mol. The zero-order chi connectivity index (χ0) is 18.0. The predicted molar refractivity (Wildman–Crippen MR) is 109 cm³/mol. The Balaban J connectivity index is 1.32. The predicted octanol–water partition coefficient (Wildman–Crippen LogP) is 6.55. The molecule has 4 fully saturated rings. The molecule has 2 unspecified atom stereocenters. The Labute approximate surface area is 164 Å². The van der Waals surface area contributed by atoms with Gasteiger partial charge >= 0.3 is 0 Å². The minimum Gasteiger partial charge on any atom is -0.460 e. The van der Waals surface area contributed by atoms with Crippen molar-refractivity contribution in [3.8, 4) is 11.3 Å². The summed E-state index contributed by atoms with van der Waals surface area (Å²) in [6, 6.07) is 12.6. The van der Waals surface area contributed by atoms with Gasteiger partial charge in [-0.1, -0.05) is 41.9 Å². The van der Waals surface area contributed by atoms with Gasteiger partial charge in [-0.25, -0.2) is 0 Å². The van der Waals surface area contributed by atoms with Crippen LogP contribution in [0.5, 0.6) is 0 Å². The molecule has 26 heavy (non-hydrogen) atoms. The molecule has 0 amide bonds. The van der Waals surface area contributed by atoms with Crippen molar-refractivity contribution in [2.24, 2.45) is 16.7 Å². The van der Waals surface area contributed by atoms with E-state index in [-0.39, 0.29) is 0 Å². The van der Waals surface area contributed by atoms with E-state index < -0.39 is 0 Å². The molecule has 3 heteroatoms. The average molecular weight is 414 g/mol. The highest BCUT2D eigenvalue weighted by molar-refractivity contribution is 9.10. The largest absolute Gasteiger partial charge is 0.460 e. The molecule has 2 aromatic rings. The molecule has 1 aromatic carbocycles. The first-order chi connectivity index (χ1) is 12.3. The van der Waals surface area contributed by atoms with E-state index in [0.29, 0.717) is 16.4 Å². The van der Waals surface area contributed by atoms with Crippen LogP contribution in [-0.2, 0) is 6.54 Å². The smallest absolute Gasteiger partial charge is 0.134 e. The molecular weight excluding hydrogens is 386 g/mol. The van der Waals surface area contributed by atoms with E-state index in [1.54, 1.807) is 0 Å². The summed E-state index contributed by atoms with van der Waals surface area (Å²) in [5, 5.41) is 3.97. The second kappa shape index (κ2) is 5.72. The molecule has 0 aliphatic heterocycles. The van der Waals surface area contributed by atoms with Crippen LogP contribution < -0.4 is 5.32 Å². The molecule has 1 heterocycles. The van der Waals surface area contributed by atoms with Crippen molar-refractivity contribution in [3.05, 3.63) is 46.6 Å². The van der Waals surface area contributed by atoms with Crippen molar-refractivity contribution < 1.29 is 4.42 Å². The van der Waals surface area contributed by atoms with Gasteiger partial charge in [-0.2, -0.15) is 0 Å². The summed E-state index contributed by atoms with van der Waals surface area (Å²) in [5.74, 6) is 2.93. The molecule has 4 saturated carbocycles. The van der Waals surface area contributed by atoms with Gasteiger partial charge in [0, 0.05) is 15.6 Å². The van der Waals surface area contributed by atoms with E-state index >= 15 is 0 Å². The number of furan rings is 1. The summed E-state index contributed by atoms with van der Waals surface area (Å²) in [6.07, 6.45) is 8.35. The standard InChI is InChI=1S/C23H28BrNO/c1-21-9-16-10-22(2,13-21)15-23(11-16,14-21)25-12-19-7-8-20(26-19)17-3-5-18(24)6-4-17/h3-8,16,25H,9-15H2,1-2H3. The van der Waals surface area contributed by atoms with Crippen molar-refractivity contribution >= 4 is 15.9 Å². The van der Waals surface area contributed by atoms with Gasteiger partial charge in [-0.05, 0) is 79.5 Å². The summed E-state index contributed by atoms with van der Waals surface area (Å²) < 4.78 is 7.24. The van der Waals surface area contributed by atoms with Crippen LogP contribution in [0.4, 0.5) is 0 Å². The molecule has 2 atom stereocenters.